The van der Waals surface area contributed by atoms with E-state index >= 15 is 0 Å². The van der Waals surface area contributed by atoms with Crippen LogP contribution in [0, 0.1) is 17.8 Å². The Kier molecular flexibility index (Phi) is 16.3. The van der Waals surface area contributed by atoms with Crippen LogP contribution < -0.4 is 10.6 Å². The lowest BCUT2D eigenvalue weighted by molar-refractivity contribution is -0.147. The second-order valence-corrected chi connectivity index (χ2v) is 16.9. The van der Waals surface area contributed by atoms with Crippen LogP contribution in [0.5, 0.6) is 0 Å². The number of likely N-dealkylation sites (N-methyl/N-ethyl adjacent to an activating group) is 1. The van der Waals surface area contributed by atoms with Gasteiger partial charge < -0.3 is 39.8 Å². The summed E-state index contributed by atoms with van der Waals surface area (Å²) in [7, 11) is 4.81. The summed E-state index contributed by atoms with van der Waals surface area (Å²) in [6.07, 6.45) is -0.692. The summed E-state index contributed by atoms with van der Waals surface area (Å²) in [6.45, 7) is 12.0. The predicted octanol–water partition coefficient (Wildman–Crippen LogP) is 6.71. The molecule has 0 saturated carbocycles. The van der Waals surface area contributed by atoms with E-state index in [1.807, 2.05) is 82.3 Å². The molecule has 0 spiro atoms. The Morgan fingerprint density at radius 1 is 0.850 bits per heavy atom. The van der Waals surface area contributed by atoms with Crippen LogP contribution in [0.3, 0.4) is 0 Å². The van der Waals surface area contributed by atoms with Crippen LogP contribution in [0.1, 0.15) is 95.9 Å². The van der Waals surface area contributed by atoms with E-state index in [9.17, 15) is 24.3 Å². The van der Waals surface area contributed by atoms with Gasteiger partial charge in [0, 0.05) is 33.7 Å². The quantitative estimate of drug-likeness (QED) is 0.121. The number of rotatable bonds is 19. The van der Waals surface area contributed by atoms with Crippen molar-refractivity contribution in [1.29, 1.82) is 0 Å². The van der Waals surface area contributed by atoms with Crippen LogP contribution in [0.2, 0.25) is 0 Å². The first-order chi connectivity index (χ1) is 28.7. The zero-order chi connectivity index (χ0) is 43.7. The molecule has 1 fully saturated rings. The molecule has 3 aromatic carbocycles. The van der Waals surface area contributed by atoms with Crippen LogP contribution in [0.4, 0.5) is 4.79 Å². The molecule has 2 aliphatic rings. The van der Waals surface area contributed by atoms with Crippen molar-refractivity contribution in [3.8, 4) is 11.1 Å². The van der Waals surface area contributed by atoms with Crippen molar-refractivity contribution in [2.75, 3.05) is 34.4 Å². The summed E-state index contributed by atoms with van der Waals surface area (Å²) in [5.74, 6) is -1.79. The van der Waals surface area contributed by atoms with E-state index in [2.05, 4.69) is 34.9 Å². The molecule has 1 aliphatic carbocycles. The van der Waals surface area contributed by atoms with E-state index in [1.165, 1.54) is 0 Å². The third kappa shape index (κ3) is 10.4. The minimum atomic E-state index is -0.889. The molecular formula is C48H66N4O8. The summed E-state index contributed by atoms with van der Waals surface area (Å²) < 4.78 is 17.8. The van der Waals surface area contributed by atoms with Crippen LogP contribution in [-0.2, 0) is 28.6 Å². The number of aliphatic hydroxyl groups is 1. The Hall–Kier alpha value is -4.78. The number of ether oxygens (including phenoxy) is 3. The van der Waals surface area contributed by atoms with Gasteiger partial charge in [-0.3, -0.25) is 14.4 Å². The maximum Gasteiger partial charge on any atom is 0.407 e. The SMILES string of the molecule is CC[C@H](C)[C@@H]([C@@H](CC(=O)N1CCC[C@H]1[C@@H](OC)[C@@H](C)C(=O)N[C@H](C)[C@@H](O)c1ccccc1)OC)N(C)C(=O)C(NC(=O)OCC1c2ccccc2-c2ccccc21)C(C)C. The number of carbonyl (C=O) groups excluding carboxylic acids is 4. The maximum atomic E-state index is 14.4. The normalized spacial score (nSPS) is 18.9. The second kappa shape index (κ2) is 21.1. The Morgan fingerprint density at radius 2 is 1.45 bits per heavy atom. The highest BCUT2D eigenvalue weighted by Gasteiger charge is 2.43. The molecule has 1 heterocycles. The van der Waals surface area contributed by atoms with E-state index < -0.39 is 48.4 Å². The topological polar surface area (TPSA) is 147 Å². The molecule has 0 aromatic heterocycles. The van der Waals surface area contributed by atoms with Crippen molar-refractivity contribution >= 4 is 23.8 Å². The summed E-state index contributed by atoms with van der Waals surface area (Å²) in [4.78, 5) is 59.0. The first-order valence-electron chi connectivity index (χ1n) is 21.5. The Labute approximate surface area is 356 Å². The predicted molar refractivity (Wildman–Crippen MR) is 232 cm³/mol. The molecule has 12 heteroatoms. The number of fused-ring (bicyclic) bond motifs is 3. The minimum absolute atomic E-state index is 0.00307. The zero-order valence-electron chi connectivity index (χ0n) is 36.8. The van der Waals surface area contributed by atoms with E-state index in [-0.39, 0.29) is 54.5 Å². The summed E-state index contributed by atoms with van der Waals surface area (Å²) in [5.41, 5.74) is 5.16. The van der Waals surface area contributed by atoms with Gasteiger partial charge in [-0.05, 0) is 59.4 Å². The van der Waals surface area contributed by atoms with E-state index in [0.717, 1.165) is 28.7 Å². The van der Waals surface area contributed by atoms with Gasteiger partial charge in [0.15, 0.2) is 0 Å². The minimum Gasteiger partial charge on any atom is -0.449 e. The first kappa shape index (κ1) is 46.3. The van der Waals surface area contributed by atoms with E-state index in [1.54, 1.807) is 44.9 Å². The number of amides is 4. The number of alkyl carbamates (subject to hydrolysis) is 1. The Balaban J connectivity index is 1.24. The molecule has 1 aliphatic heterocycles. The van der Waals surface area contributed by atoms with Crippen molar-refractivity contribution in [3.63, 3.8) is 0 Å². The molecule has 5 rings (SSSR count). The van der Waals surface area contributed by atoms with Gasteiger partial charge in [-0.1, -0.05) is 120 Å². The number of hydrogen-bond acceptors (Lipinski definition) is 8. The molecule has 12 nitrogen and oxygen atoms in total. The lowest BCUT2D eigenvalue weighted by atomic mass is 9.89. The van der Waals surface area contributed by atoms with Gasteiger partial charge >= 0.3 is 6.09 Å². The molecule has 4 amide bonds. The Bertz CT molecular complexity index is 1860. The zero-order valence-corrected chi connectivity index (χ0v) is 36.8. The van der Waals surface area contributed by atoms with Crippen LogP contribution >= 0.6 is 0 Å². The standard InChI is InChI=1S/C48H66N4O8/c1-10-30(4)43(51(7)47(56)42(29(2)3)50-48(57)60-28-38-36-23-16-14-21-34(36)35-22-15-17-24-37(35)38)40(58-8)27-41(53)52-26-18-25-39(52)45(59-9)31(5)46(55)49-32(6)44(54)33-19-12-11-13-20-33/h11-17,19-24,29-32,38-40,42-45,54H,10,18,25-28H2,1-9H3,(H,49,55)(H,50,57)/t30-,31+,32+,39-,40+,42?,43-,44+,45-/m0/s1. The number of hydrogen-bond donors (Lipinski definition) is 3. The number of benzene rings is 3. The van der Waals surface area contributed by atoms with Gasteiger partial charge in [-0.2, -0.15) is 0 Å². The molecule has 0 bridgehead atoms. The fourth-order valence-electron chi connectivity index (χ4n) is 9.18. The molecule has 3 aromatic rings. The molecule has 9 atom stereocenters. The van der Waals surface area contributed by atoms with E-state index in [0.29, 0.717) is 24.9 Å². The summed E-state index contributed by atoms with van der Waals surface area (Å²) in [5, 5.41) is 16.7. The van der Waals surface area contributed by atoms with Gasteiger partial charge in [0.2, 0.25) is 17.7 Å². The monoisotopic (exact) mass is 826 g/mol. The maximum absolute atomic E-state index is 14.4. The average molecular weight is 827 g/mol. The summed E-state index contributed by atoms with van der Waals surface area (Å²) >= 11 is 0. The number of nitrogens with one attached hydrogen (secondary N) is 2. The van der Waals surface area contributed by atoms with Gasteiger partial charge in [-0.25, -0.2) is 4.79 Å². The third-order valence-corrected chi connectivity index (χ3v) is 12.8. The van der Waals surface area contributed by atoms with Gasteiger partial charge in [-0.15, -0.1) is 0 Å². The van der Waals surface area contributed by atoms with Crippen molar-refractivity contribution < 1.29 is 38.5 Å². The second-order valence-electron chi connectivity index (χ2n) is 16.9. The van der Waals surface area contributed by atoms with Gasteiger partial charge in [0.25, 0.3) is 0 Å². The van der Waals surface area contributed by atoms with Gasteiger partial charge in [0.05, 0.1) is 48.8 Å². The van der Waals surface area contributed by atoms with Gasteiger partial charge in [0.1, 0.15) is 12.6 Å². The van der Waals surface area contributed by atoms with E-state index in [4.69, 9.17) is 14.2 Å². The van der Waals surface area contributed by atoms with Crippen LogP contribution in [0.25, 0.3) is 11.1 Å². The average Bonchev–Trinajstić information content (AvgIpc) is 3.87. The largest absolute Gasteiger partial charge is 0.449 e. The molecular weight excluding hydrogens is 761 g/mol. The van der Waals surface area contributed by atoms with Crippen molar-refractivity contribution in [1.82, 2.24) is 20.4 Å². The Morgan fingerprint density at radius 3 is 2.02 bits per heavy atom. The number of aliphatic hydroxyl groups excluding tert-OH is 1. The lowest BCUT2D eigenvalue weighted by Gasteiger charge is -2.40. The highest BCUT2D eigenvalue weighted by Crippen LogP contribution is 2.44. The van der Waals surface area contributed by atoms with Crippen molar-refractivity contribution in [2.24, 2.45) is 17.8 Å². The van der Waals surface area contributed by atoms with Crippen LogP contribution in [-0.4, -0.2) is 110 Å². The molecule has 60 heavy (non-hydrogen) atoms. The highest BCUT2D eigenvalue weighted by atomic mass is 16.5. The first-order valence-corrected chi connectivity index (χ1v) is 21.5. The number of likely N-dealkylation sites (tertiary alicyclic amines) is 1. The smallest absolute Gasteiger partial charge is 0.407 e. The molecule has 1 unspecified atom stereocenters. The number of nitrogens with zero attached hydrogens (tertiary/aromatic N) is 2. The highest BCUT2D eigenvalue weighted by molar-refractivity contribution is 5.86. The lowest BCUT2D eigenvalue weighted by Crippen LogP contribution is -2.58. The van der Waals surface area contributed by atoms with Crippen molar-refractivity contribution in [2.45, 2.75) is 116 Å². The third-order valence-electron chi connectivity index (χ3n) is 12.8. The fourth-order valence-corrected chi connectivity index (χ4v) is 9.18. The van der Waals surface area contributed by atoms with Crippen molar-refractivity contribution in [3.05, 3.63) is 95.6 Å². The molecule has 326 valence electrons. The molecule has 1 saturated heterocycles. The number of methoxy groups -OCH3 is 2. The fraction of sp³-hybridized carbons (Fsp3) is 0.542. The number of carbonyl (C=O) groups is 4. The molecule has 0 radical (unpaired) electrons. The summed E-state index contributed by atoms with van der Waals surface area (Å²) in [6, 6.07) is 23.1. The molecule has 3 N–H and O–H groups in total. The van der Waals surface area contributed by atoms with Crippen LogP contribution in [0.15, 0.2) is 78.9 Å².